The average Bonchev–Trinajstić information content (AvgIpc) is 2.52. The predicted octanol–water partition coefficient (Wildman–Crippen LogP) is 0.692. The van der Waals surface area contributed by atoms with Crippen LogP contribution in [0.15, 0.2) is 0 Å². The Morgan fingerprint density at radius 3 is 3.00 bits per heavy atom. The molecule has 68 valence electrons. The van der Waals surface area contributed by atoms with Gasteiger partial charge in [-0.3, -0.25) is 4.90 Å². The van der Waals surface area contributed by atoms with Gasteiger partial charge in [-0.15, -0.1) is 12.3 Å². The maximum atomic E-state index is 5.27. The lowest BCUT2D eigenvalue weighted by atomic mass is 10.2. The van der Waals surface area contributed by atoms with Gasteiger partial charge in [0.1, 0.15) is 0 Å². The average molecular weight is 166 g/mol. The zero-order valence-electron chi connectivity index (χ0n) is 8.01. The normalized spacial score (nSPS) is 26.9. The van der Waals surface area contributed by atoms with E-state index >= 15 is 0 Å². The van der Waals surface area contributed by atoms with E-state index in [1.165, 1.54) is 13.0 Å². The highest BCUT2D eigenvalue weighted by Crippen LogP contribution is 2.13. The van der Waals surface area contributed by atoms with Crippen LogP contribution in [-0.2, 0) is 0 Å². The van der Waals surface area contributed by atoms with Crippen LogP contribution in [0.2, 0.25) is 0 Å². The van der Waals surface area contributed by atoms with E-state index in [9.17, 15) is 0 Å². The molecule has 1 rings (SSSR count). The fourth-order valence-corrected chi connectivity index (χ4v) is 1.72. The fourth-order valence-electron chi connectivity index (χ4n) is 1.72. The first kappa shape index (κ1) is 9.57. The molecule has 1 fully saturated rings. The van der Waals surface area contributed by atoms with Crippen molar-refractivity contribution < 1.29 is 0 Å². The standard InChI is InChI=1S/C10H18N2/c1-4-5-9(2)12-7-6-10(8-12)11-3/h1,9-11H,5-8H2,2-3H3. The van der Waals surface area contributed by atoms with Gasteiger partial charge in [-0.05, 0) is 20.4 Å². The van der Waals surface area contributed by atoms with Gasteiger partial charge in [0, 0.05) is 31.6 Å². The lowest BCUT2D eigenvalue weighted by Gasteiger charge is -2.22. The summed E-state index contributed by atoms with van der Waals surface area (Å²) < 4.78 is 0. The van der Waals surface area contributed by atoms with E-state index in [0.29, 0.717) is 12.1 Å². The lowest BCUT2D eigenvalue weighted by molar-refractivity contribution is 0.257. The fraction of sp³-hybridized carbons (Fsp3) is 0.800. The molecule has 1 saturated heterocycles. The van der Waals surface area contributed by atoms with Gasteiger partial charge >= 0.3 is 0 Å². The summed E-state index contributed by atoms with van der Waals surface area (Å²) in [7, 11) is 2.03. The summed E-state index contributed by atoms with van der Waals surface area (Å²) in [6, 6.07) is 1.22. The van der Waals surface area contributed by atoms with Crippen LogP contribution in [0, 0.1) is 12.3 Å². The molecule has 12 heavy (non-hydrogen) atoms. The zero-order valence-corrected chi connectivity index (χ0v) is 8.01. The third-order valence-electron chi connectivity index (χ3n) is 2.66. The molecule has 2 atom stereocenters. The Hall–Kier alpha value is -0.520. The van der Waals surface area contributed by atoms with Gasteiger partial charge < -0.3 is 5.32 Å². The highest BCUT2D eigenvalue weighted by Gasteiger charge is 2.23. The van der Waals surface area contributed by atoms with Gasteiger partial charge in [0.05, 0.1) is 0 Å². The Labute approximate surface area is 75.3 Å². The first-order chi connectivity index (χ1) is 5.77. The van der Waals surface area contributed by atoms with Crippen LogP contribution < -0.4 is 5.32 Å². The van der Waals surface area contributed by atoms with Gasteiger partial charge in [0.15, 0.2) is 0 Å². The second-order valence-corrected chi connectivity index (χ2v) is 3.53. The van der Waals surface area contributed by atoms with Crippen LogP contribution in [0.4, 0.5) is 0 Å². The Balaban J connectivity index is 2.31. The molecule has 1 N–H and O–H groups in total. The van der Waals surface area contributed by atoms with Gasteiger partial charge in [0.2, 0.25) is 0 Å². The van der Waals surface area contributed by atoms with Gasteiger partial charge in [0.25, 0.3) is 0 Å². The molecule has 0 radical (unpaired) electrons. The molecular formula is C10H18N2. The number of hydrogen-bond donors (Lipinski definition) is 1. The van der Waals surface area contributed by atoms with Crippen molar-refractivity contribution in [3.8, 4) is 12.3 Å². The molecule has 1 aliphatic rings. The van der Waals surface area contributed by atoms with Crippen LogP contribution in [0.25, 0.3) is 0 Å². The van der Waals surface area contributed by atoms with Crippen molar-refractivity contribution in [1.29, 1.82) is 0 Å². The Morgan fingerprint density at radius 2 is 2.50 bits per heavy atom. The summed E-state index contributed by atoms with van der Waals surface area (Å²) in [5, 5.41) is 3.30. The minimum atomic E-state index is 0.549. The summed E-state index contributed by atoms with van der Waals surface area (Å²) in [5.74, 6) is 2.72. The maximum absolute atomic E-state index is 5.27. The lowest BCUT2D eigenvalue weighted by Crippen LogP contribution is -2.34. The summed E-state index contributed by atoms with van der Waals surface area (Å²) in [6.45, 7) is 4.55. The van der Waals surface area contributed by atoms with E-state index in [4.69, 9.17) is 6.42 Å². The summed E-state index contributed by atoms with van der Waals surface area (Å²) in [6.07, 6.45) is 7.40. The SMILES string of the molecule is C#CCC(C)N1CCC(NC)C1. The topological polar surface area (TPSA) is 15.3 Å². The number of nitrogens with zero attached hydrogens (tertiary/aromatic N) is 1. The highest BCUT2D eigenvalue weighted by molar-refractivity contribution is 4.92. The number of hydrogen-bond acceptors (Lipinski definition) is 2. The highest BCUT2D eigenvalue weighted by atomic mass is 15.2. The monoisotopic (exact) mass is 166 g/mol. The Morgan fingerprint density at radius 1 is 1.75 bits per heavy atom. The minimum Gasteiger partial charge on any atom is -0.316 e. The van der Waals surface area contributed by atoms with E-state index in [0.717, 1.165) is 13.0 Å². The van der Waals surface area contributed by atoms with Gasteiger partial charge in [-0.2, -0.15) is 0 Å². The summed E-state index contributed by atoms with van der Waals surface area (Å²) in [4.78, 5) is 2.46. The molecular weight excluding hydrogens is 148 g/mol. The van der Waals surface area contributed by atoms with E-state index in [-0.39, 0.29) is 0 Å². The zero-order chi connectivity index (χ0) is 8.97. The molecule has 0 bridgehead atoms. The molecule has 0 aromatic heterocycles. The molecule has 0 aromatic rings. The molecule has 0 spiro atoms. The van der Waals surface area contributed by atoms with Crippen LogP contribution in [0.3, 0.4) is 0 Å². The van der Waals surface area contributed by atoms with Gasteiger partial charge in [-0.1, -0.05) is 0 Å². The van der Waals surface area contributed by atoms with E-state index < -0.39 is 0 Å². The van der Waals surface area contributed by atoms with E-state index in [1.807, 2.05) is 7.05 Å². The largest absolute Gasteiger partial charge is 0.316 e. The van der Waals surface area contributed by atoms with Crippen molar-refractivity contribution in [1.82, 2.24) is 10.2 Å². The molecule has 0 saturated carbocycles. The second-order valence-electron chi connectivity index (χ2n) is 3.53. The number of likely N-dealkylation sites (N-methyl/N-ethyl adjacent to an activating group) is 1. The maximum Gasteiger partial charge on any atom is 0.0240 e. The molecule has 0 aromatic carbocycles. The molecule has 0 aliphatic carbocycles. The summed E-state index contributed by atoms with van der Waals surface area (Å²) >= 11 is 0. The summed E-state index contributed by atoms with van der Waals surface area (Å²) in [5.41, 5.74) is 0. The molecule has 1 heterocycles. The van der Waals surface area contributed by atoms with Crippen molar-refractivity contribution in [3.05, 3.63) is 0 Å². The van der Waals surface area contributed by atoms with Crippen molar-refractivity contribution in [3.63, 3.8) is 0 Å². The molecule has 2 unspecified atom stereocenters. The number of terminal acetylenes is 1. The van der Waals surface area contributed by atoms with Crippen LogP contribution in [0.1, 0.15) is 19.8 Å². The third-order valence-corrected chi connectivity index (χ3v) is 2.66. The third kappa shape index (κ3) is 2.23. The second kappa shape index (κ2) is 4.49. The molecule has 1 aliphatic heterocycles. The van der Waals surface area contributed by atoms with Gasteiger partial charge in [-0.25, -0.2) is 0 Å². The minimum absolute atomic E-state index is 0.549. The number of nitrogens with one attached hydrogen (secondary N) is 1. The smallest absolute Gasteiger partial charge is 0.0240 e. The Bertz CT molecular complexity index is 171. The predicted molar refractivity (Wildman–Crippen MR) is 51.9 cm³/mol. The van der Waals surface area contributed by atoms with Crippen molar-refractivity contribution >= 4 is 0 Å². The van der Waals surface area contributed by atoms with Crippen molar-refractivity contribution in [2.75, 3.05) is 20.1 Å². The van der Waals surface area contributed by atoms with Crippen molar-refractivity contribution in [2.24, 2.45) is 0 Å². The molecule has 0 amide bonds. The first-order valence-corrected chi connectivity index (χ1v) is 4.62. The van der Waals surface area contributed by atoms with Crippen molar-refractivity contribution in [2.45, 2.75) is 31.8 Å². The molecule has 2 heteroatoms. The Kier molecular flexibility index (Phi) is 3.58. The quantitative estimate of drug-likeness (QED) is 0.621. The van der Waals surface area contributed by atoms with Crippen LogP contribution in [-0.4, -0.2) is 37.1 Å². The van der Waals surface area contributed by atoms with Crippen LogP contribution >= 0.6 is 0 Å². The van der Waals surface area contributed by atoms with E-state index in [1.54, 1.807) is 0 Å². The number of rotatable bonds is 3. The van der Waals surface area contributed by atoms with E-state index in [2.05, 4.69) is 23.1 Å². The number of likely N-dealkylation sites (tertiary alicyclic amines) is 1. The van der Waals surface area contributed by atoms with Crippen LogP contribution in [0.5, 0.6) is 0 Å². The first-order valence-electron chi connectivity index (χ1n) is 4.62. The molecule has 2 nitrogen and oxygen atoms in total.